The summed E-state index contributed by atoms with van der Waals surface area (Å²) in [4.78, 5) is 14.7. The Bertz CT molecular complexity index is 1020. The van der Waals surface area contributed by atoms with Crippen LogP contribution in [-0.4, -0.2) is 29.2 Å². The van der Waals surface area contributed by atoms with Gasteiger partial charge in [-0.3, -0.25) is 0 Å². The molecule has 1 aliphatic rings. The summed E-state index contributed by atoms with van der Waals surface area (Å²) in [5.74, 6) is -1.22. The molecule has 0 fully saturated rings. The number of hydrogen-bond donors (Lipinski definition) is 1. The monoisotopic (exact) mass is 383 g/mol. The summed E-state index contributed by atoms with van der Waals surface area (Å²) in [6, 6.07) is 13.7. The van der Waals surface area contributed by atoms with Crippen molar-refractivity contribution in [2.24, 2.45) is 0 Å². The third kappa shape index (κ3) is 3.31. The Morgan fingerprint density at radius 1 is 1.07 bits per heavy atom. The van der Waals surface area contributed by atoms with E-state index in [0.29, 0.717) is 30.1 Å². The van der Waals surface area contributed by atoms with E-state index in [0.717, 1.165) is 17.8 Å². The minimum Gasteiger partial charge on any atom is -0.497 e. The van der Waals surface area contributed by atoms with E-state index in [1.165, 1.54) is 6.07 Å². The Hall–Kier alpha value is -3.35. The Morgan fingerprint density at radius 2 is 1.93 bits per heavy atom. The summed E-state index contributed by atoms with van der Waals surface area (Å²) >= 11 is 0. The van der Waals surface area contributed by atoms with Gasteiger partial charge < -0.3 is 19.5 Å². The maximum Gasteiger partial charge on any atom is 0.322 e. The van der Waals surface area contributed by atoms with Crippen molar-refractivity contribution >= 4 is 11.7 Å². The van der Waals surface area contributed by atoms with Gasteiger partial charge in [0.2, 0.25) is 0 Å². The van der Waals surface area contributed by atoms with Gasteiger partial charge in [-0.05, 0) is 42.0 Å². The molecule has 1 unspecified atom stereocenters. The standard InChI is InChI=1S/C21H19F2N3O2/c1-28-16-5-2-4-15(13-16)24-21(27)26-11-10-25-9-3-6-19(25)20(26)14-7-8-17(22)18(23)12-14/h2-9,12-13,20H,10-11H2,1H3,(H,24,27). The minimum absolute atomic E-state index is 0.324. The van der Waals surface area contributed by atoms with Crippen LogP contribution < -0.4 is 10.1 Å². The number of methoxy groups -OCH3 is 1. The normalized spacial score (nSPS) is 15.8. The van der Waals surface area contributed by atoms with E-state index in [9.17, 15) is 13.6 Å². The number of benzene rings is 2. The number of nitrogens with one attached hydrogen (secondary N) is 1. The third-order valence-corrected chi connectivity index (χ3v) is 4.88. The minimum atomic E-state index is -0.936. The molecule has 28 heavy (non-hydrogen) atoms. The molecule has 144 valence electrons. The number of carbonyl (C=O) groups excluding carboxylic acids is 1. The van der Waals surface area contributed by atoms with Crippen LogP contribution in [0.15, 0.2) is 60.8 Å². The fourth-order valence-electron chi connectivity index (χ4n) is 3.53. The number of ether oxygens (including phenoxy) is 1. The number of carbonyl (C=O) groups is 1. The molecule has 1 N–H and O–H groups in total. The molecular formula is C21H19F2N3O2. The SMILES string of the molecule is COc1cccc(NC(=O)N2CCn3cccc3C2c2ccc(F)c(F)c2)c1. The lowest BCUT2D eigenvalue weighted by molar-refractivity contribution is 0.181. The summed E-state index contributed by atoms with van der Waals surface area (Å²) in [6.07, 6.45) is 1.92. The molecule has 1 aromatic heterocycles. The molecule has 1 aliphatic heterocycles. The number of amides is 2. The van der Waals surface area contributed by atoms with Gasteiger partial charge in [-0.15, -0.1) is 0 Å². The largest absolute Gasteiger partial charge is 0.497 e. The predicted octanol–water partition coefficient (Wildman–Crippen LogP) is 4.41. The van der Waals surface area contributed by atoms with Crippen LogP contribution >= 0.6 is 0 Å². The van der Waals surface area contributed by atoms with Gasteiger partial charge in [0.05, 0.1) is 13.2 Å². The molecule has 0 aliphatic carbocycles. The lowest BCUT2D eigenvalue weighted by atomic mass is 10.00. The van der Waals surface area contributed by atoms with Crippen molar-refractivity contribution in [3.8, 4) is 5.75 Å². The predicted molar refractivity (Wildman–Crippen MR) is 101 cm³/mol. The zero-order chi connectivity index (χ0) is 19.7. The summed E-state index contributed by atoms with van der Waals surface area (Å²) in [6.45, 7) is 1.05. The first-order valence-corrected chi connectivity index (χ1v) is 8.88. The molecule has 4 rings (SSSR count). The van der Waals surface area contributed by atoms with Crippen molar-refractivity contribution < 1.29 is 18.3 Å². The first-order valence-electron chi connectivity index (χ1n) is 8.88. The molecule has 3 aromatic rings. The molecule has 1 atom stereocenters. The van der Waals surface area contributed by atoms with Crippen LogP contribution in [0.3, 0.4) is 0 Å². The summed E-state index contributed by atoms with van der Waals surface area (Å²) in [5.41, 5.74) is 1.95. The first-order chi connectivity index (χ1) is 13.6. The Labute approximate surface area is 161 Å². The Kier molecular flexibility index (Phi) is 4.73. The van der Waals surface area contributed by atoms with Crippen LogP contribution in [0.5, 0.6) is 5.75 Å². The zero-order valence-electron chi connectivity index (χ0n) is 15.2. The highest BCUT2D eigenvalue weighted by molar-refractivity contribution is 5.90. The van der Waals surface area contributed by atoms with E-state index < -0.39 is 17.7 Å². The van der Waals surface area contributed by atoms with Gasteiger partial charge in [-0.25, -0.2) is 13.6 Å². The van der Waals surface area contributed by atoms with Gasteiger partial charge >= 0.3 is 6.03 Å². The number of halogens is 2. The number of nitrogens with zero attached hydrogens (tertiary/aromatic N) is 2. The van der Waals surface area contributed by atoms with Gasteiger partial charge in [0.25, 0.3) is 0 Å². The molecule has 7 heteroatoms. The van der Waals surface area contributed by atoms with Crippen molar-refractivity contribution in [3.05, 3.63) is 83.7 Å². The molecule has 0 radical (unpaired) electrons. The molecule has 0 saturated carbocycles. The molecular weight excluding hydrogens is 364 g/mol. The molecule has 2 aromatic carbocycles. The lowest BCUT2D eigenvalue weighted by Crippen LogP contribution is -2.44. The number of hydrogen-bond acceptors (Lipinski definition) is 2. The fraction of sp³-hybridized carbons (Fsp3) is 0.190. The third-order valence-electron chi connectivity index (χ3n) is 4.88. The number of fused-ring (bicyclic) bond motifs is 1. The molecule has 0 saturated heterocycles. The number of rotatable bonds is 3. The van der Waals surface area contributed by atoms with Crippen LogP contribution in [0, 0.1) is 11.6 Å². The molecule has 2 heterocycles. The van der Waals surface area contributed by atoms with Crippen molar-refractivity contribution in [1.82, 2.24) is 9.47 Å². The van der Waals surface area contributed by atoms with Crippen molar-refractivity contribution in [2.75, 3.05) is 19.0 Å². The second kappa shape index (κ2) is 7.34. The maximum atomic E-state index is 13.9. The number of anilines is 1. The van der Waals surface area contributed by atoms with Gasteiger partial charge in [0, 0.05) is 36.7 Å². The van der Waals surface area contributed by atoms with E-state index in [-0.39, 0.29) is 6.03 Å². The van der Waals surface area contributed by atoms with Gasteiger partial charge in [-0.1, -0.05) is 12.1 Å². The van der Waals surface area contributed by atoms with E-state index in [1.54, 1.807) is 36.3 Å². The Morgan fingerprint density at radius 3 is 2.71 bits per heavy atom. The summed E-state index contributed by atoms with van der Waals surface area (Å²) < 4.78 is 34.5. The summed E-state index contributed by atoms with van der Waals surface area (Å²) in [5, 5.41) is 2.86. The molecule has 0 spiro atoms. The van der Waals surface area contributed by atoms with Crippen molar-refractivity contribution in [2.45, 2.75) is 12.6 Å². The first kappa shape index (κ1) is 18.0. The van der Waals surface area contributed by atoms with Crippen molar-refractivity contribution in [1.29, 1.82) is 0 Å². The van der Waals surface area contributed by atoms with E-state index in [4.69, 9.17) is 4.74 Å². The maximum absolute atomic E-state index is 13.9. The van der Waals surface area contributed by atoms with Gasteiger partial charge in [0.1, 0.15) is 5.75 Å². The number of aromatic nitrogens is 1. The summed E-state index contributed by atoms with van der Waals surface area (Å²) in [7, 11) is 1.55. The fourth-order valence-corrected chi connectivity index (χ4v) is 3.53. The highest BCUT2D eigenvalue weighted by Gasteiger charge is 2.32. The molecule has 5 nitrogen and oxygen atoms in total. The van der Waals surface area contributed by atoms with E-state index in [2.05, 4.69) is 5.32 Å². The molecule has 2 amide bonds. The average molecular weight is 383 g/mol. The topological polar surface area (TPSA) is 46.5 Å². The second-order valence-corrected chi connectivity index (χ2v) is 6.56. The van der Waals surface area contributed by atoms with Gasteiger partial charge in [-0.2, -0.15) is 0 Å². The van der Waals surface area contributed by atoms with Crippen LogP contribution in [-0.2, 0) is 6.54 Å². The van der Waals surface area contributed by atoms with Crippen LogP contribution in [0.4, 0.5) is 19.3 Å². The average Bonchev–Trinajstić information content (AvgIpc) is 3.18. The smallest absolute Gasteiger partial charge is 0.322 e. The highest BCUT2D eigenvalue weighted by atomic mass is 19.2. The highest BCUT2D eigenvalue weighted by Crippen LogP contribution is 2.33. The van der Waals surface area contributed by atoms with E-state index in [1.807, 2.05) is 22.9 Å². The second-order valence-electron chi connectivity index (χ2n) is 6.56. The van der Waals surface area contributed by atoms with Crippen molar-refractivity contribution in [3.63, 3.8) is 0 Å². The quantitative estimate of drug-likeness (QED) is 0.728. The van der Waals surface area contributed by atoms with Crippen LogP contribution in [0.25, 0.3) is 0 Å². The van der Waals surface area contributed by atoms with Crippen LogP contribution in [0.1, 0.15) is 17.3 Å². The lowest BCUT2D eigenvalue weighted by Gasteiger charge is -2.37. The van der Waals surface area contributed by atoms with Crippen LogP contribution in [0.2, 0.25) is 0 Å². The van der Waals surface area contributed by atoms with Gasteiger partial charge in [0.15, 0.2) is 11.6 Å². The molecule has 0 bridgehead atoms. The Balaban J connectivity index is 1.68. The number of urea groups is 1. The zero-order valence-corrected chi connectivity index (χ0v) is 15.2. The van der Waals surface area contributed by atoms with E-state index >= 15 is 0 Å².